The van der Waals surface area contributed by atoms with Gasteiger partial charge in [-0.25, -0.2) is 0 Å². The monoisotopic (exact) mass is 365 g/mol. The van der Waals surface area contributed by atoms with E-state index in [0.29, 0.717) is 12.8 Å². The molecule has 0 spiro atoms. The van der Waals surface area contributed by atoms with E-state index >= 15 is 0 Å². The number of hydrogen-bond donors (Lipinski definition) is 2. The maximum Gasteiger partial charge on any atom is 0.306 e. The first-order valence-electron chi connectivity index (χ1n) is 7.81. The summed E-state index contributed by atoms with van der Waals surface area (Å²) >= 11 is 3.46. The van der Waals surface area contributed by atoms with Gasteiger partial charge in [0, 0.05) is 10.5 Å². The molecule has 1 aromatic carbocycles. The Morgan fingerprint density at radius 2 is 1.86 bits per heavy atom. The molecule has 0 heterocycles. The Morgan fingerprint density at radius 1 is 1.18 bits per heavy atom. The lowest BCUT2D eigenvalue weighted by molar-refractivity contribution is -0.142. The Morgan fingerprint density at radius 3 is 2.41 bits per heavy atom. The third-order valence-corrected chi connectivity index (χ3v) is 5.47. The minimum atomic E-state index is -0.711. The molecule has 0 unspecified atom stereocenters. The summed E-state index contributed by atoms with van der Waals surface area (Å²) in [5.74, 6) is -0.852. The molecule has 1 aromatic rings. The molecule has 118 valence electrons. The predicted octanol–water partition coefficient (Wildman–Crippen LogP) is 3.24. The number of carbonyl (C=O) groups excluding carboxylic acids is 1. The van der Waals surface area contributed by atoms with Crippen LogP contribution < -0.4 is 5.32 Å². The minimum Gasteiger partial charge on any atom is -0.481 e. The lowest BCUT2D eigenvalue weighted by Gasteiger charge is -2.28. The fourth-order valence-corrected chi connectivity index (χ4v) is 3.77. The second-order valence-corrected chi connectivity index (χ2v) is 7.37. The molecule has 2 aliphatic carbocycles. The third-order valence-electron chi connectivity index (χ3n) is 4.97. The molecule has 22 heavy (non-hydrogen) atoms. The number of nitrogens with one attached hydrogen (secondary N) is 1. The molecule has 0 atom stereocenters. The van der Waals surface area contributed by atoms with E-state index in [0.717, 1.165) is 35.7 Å². The SMILES string of the molecule is O=C(O)C1CCC(NC(=O)C2(c3cccc(Br)c3)CC2)CC1. The standard InChI is InChI=1S/C17H20BrNO3/c18-13-3-1-2-12(10-13)17(8-9-17)16(22)19-14-6-4-11(5-7-14)15(20)21/h1-3,10-11,14H,4-9H2,(H,19,22)(H,20,21). The smallest absolute Gasteiger partial charge is 0.306 e. The largest absolute Gasteiger partial charge is 0.481 e. The number of amides is 1. The zero-order valence-electron chi connectivity index (χ0n) is 12.3. The van der Waals surface area contributed by atoms with Gasteiger partial charge in [-0.2, -0.15) is 0 Å². The molecule has 0 saturated heterocycles. The van der Waals surface area contributed by atoms with Gasteiger partial charge in [0.2, 0.25) is 5.91 Å². The predicted molar refractivity (Wildman–Crippen MR) is 86.6 cm³/mol. The first-order valence-corrected chi connectivity index (χ1v) is 8.60. The highest BCUT2D eigenvalue weighted by atomic mass is 79.9. The van der Waals surface area contributed by atoms with Crippen LogP contribution in [0.25, 0.3) is 0 Å². The van der Waals surface area contributed by atoms with E-state index in [9.17, 15) is 9.59 Å². The van der Waals surface area contributed by atoms with Gasteiger partial charge in [-0.1, -0.05) is 28.1 Å². The van der Waals surface area contributed by atoms with Crippen molar-refractivity contribution in [2.24, 2.45) is 5.92 Å². The second kappa shape index (κ2) is 6.03. The molecular formula is C17H20BrNO3. The zero-order chi connectivity index (χ0) is 15.7. The van der Waals surface area contributed by atoms with Crippen LogP contribution >= 0.6 is 15.9 Å². The van der Waals surface area contributed by atoms with Crippen molar-refractivity contribution in [3.63, 3.8) is 0 Å². The van der Waals surface area contributed by atoms with Gasteiger partial charge in [-0.15, -0.1) is 0 Å². The molecule has 3 rings (SSSR count). The minimum absolute atomic E-state index is 0.101. The maximum absolute atomic E-state index is 12.7. The van der Waals surface area contributed by atoms with Gasteiger partial charge >= 0.3 is 5.97 Å². The van der Waals surface area contributed by atoms with E-state index in [2.05, 4.69) is 21.2 Å². The summed E-state index contributed by atoms with van der Waals surface area (Å²) < 4.78 is 0.992. The quantitative estimate of drug-likeness (QED) is 0.860. The van der Waals surface area contributed by atoms with E-state index in [1.807, 2.05) is 24.3 Å². The van der Waals surface area contributed by atoms with Gasteiger partial charge in [0.25, 0.3) is 0 Å². The summed E-state index contributed by atoms with van der Waals surface area (Å²) in [6, 6.07) is 8.08. The number of aliphatic carboxylic acids is 1. The van der Waals surface area contributed by atoms with Gasteiger partial charge in [0.15, 0.2) is 0 Å². The van der Waals surface area contributed by atoms with Crippen molar-refractivity contribution in [1.82, 2.24) is 5.32 Å². The molecule has 2 fully saturated rings. The zero-order valence-corrected chi connectivity index (χ0v) is 13.9. The van der Waals surface area contributed by atoms with Gasteiger partial charge in [0.05, 0.1) is 11.3 Å². The molecule has 2 aliphatic rings. The highest BCUT2D eigenvalue weighted by molar-refractivity contribution is 9.10. The van der Waals surface area contributed by atoms with Crippen molar-refractivity contribution in [2.75, 3.05) is 0 Å². The summed E-state index contributed by atoms with van der Waals surface area (Å²) in [6.07, 6.45) is 4.61. The van der Waals surface area contributed by atoms with Gasteiger partial charge in [0.1, 0.15) is 0 Å². The lowest BCUT2D eigenvalue weighted by atomic mass is 9.85. The van der Waals surface area contributed by atoms with Crippen molar-refractivity contribution < 1.29 is 14.7 Å². The summed E-state index contributed by atoms with van der Waals surface area (Å²) in [7, 11) is 0. The number of carboxylic acid groups (broad SMARTS) is 1. The summed E-state index contributed by atoms with van der Waals surface area (Å²) in [5.41, 5.74) is 0.701. The third kappa shape index (κ3) is 3.05. The number of rotatable bonds is 4. The molecule has 1 amide bonds. The average molecular weight is 366 g/mol. The van der Waals surface area contributed by atoms with Crippen molar-refractivity contribution >= 4 is 27.8 Å². The molecule has 5 heteroatoms. The van der Waals surface area contributed by atoms with E-state index in [-0.39, 0.29) is 23.3 Å². The number of carboxylic acids is 1. The Balaban J connectivity index is 1.62. The molecule has 0 aliphatic heterocycles. The fraction of sp³-hybridized carbons (Fsp3) is 0.529. The molecule has 0 aromatic heterocycles. The highest BCUT2D eigenvalue weighted by Crippen LogP contribution is 2.49. The van der Waals surface area contributed by atoms with E-state index < -0.39 is 5.97 Å². The van der Waals surface area contributed by atoms with Crippen molar-refractivity contribution in [3.05, 3.63) is 34.3 Å². The molecule has 2 saturated carbocycles. The van der Waals surface area contributed by atoms with E-state index in [1.165, 1.54) is 0 Å². The number of carbonyl (C=O) groups is 2. The molecule has 0 bridgehead atoms. The van der Waals surface area contributed by atoms with Crippen LogP contribution in [0.5, 0.6) is 0 Å². The molecule has 0 radical (unpaired) electrons. The van der Waals surface area contributed by atoms with Crippen molar-refractivity contribution in [1.29, 1.82) is 0 Å². The van der Waals surface area contributed by atoms with Crippen LogP contribution in [0, 0.1) is 5.92 Å². The van der Waals surface area contributed by atoms with E-state index in [1.54, 1.807) is 0 Å². The van der Waals surface area contributed by atoms with Crippen LogP contribution in [-0.2, 0) is 15.0 Å². The van der Waals surface area contributed by atoms with Crippen LogP contribution in [0.2, 0.25) is 0 Å². The average Bonchev–Trinajstić information content (AvgIpc) is 3.29. The second-order valence-electron chi connectivity index (χ2n) is 6.45. The van der Waals surface area contributed by atoms with Crippen LogP contribution in [0.3, 0.4) is 0 Å². The number of halogens is 1. The lowest BCUT2D eigenvalue weighted by Crippen LogP contribution is -2.43. The van der Waals surface area contributed by atoms with Gasteiger partial charge in [-0.3, -0.25) is 9.59 Å². The summed E-state index contributed by atoms with van der Waals surface area (Å²) in [5, 5.41) is 12.2. The first-order chi connectivity index (χ1) is 10.5. The van der Waals surface area contributed by atoms with Crippen LogP contribution in [0.4, 0.5) is 0 Å². The topological polar surface area (TPSA) is 66.4 Å². The Hall–Kier alpha value is -1.36. The molecule has 2 N–H and O–H groups in total. The van der Waals surface area contributed by atoms with Crippen molar-refractivity contribution in [3.8, 4) is 0 Å². The van der Waals surface area contributed by atoms with Gasteiger partial charge < -0.3 is 10.4 Å². The molecule has 4 nitrogen and oxygen atoms in total. The number of hydrogen-bond acceptors (Lipinski definition) is 2. The van der Waals surface area contributed by atoms with Crippen LogP contribution in [-0.4, -0.2) is 23.0 Å². The van der Waals surface area contributed by atoms with Crippen LogP contribution in [0.15, 0.2) is 28.7 Å². The Kier molecular flexibility index (Phi) is 4.26. The normalized spacial score (nSPS) is 26.2. The Labute approximate surface area is 138 Å². The number of benzene rings is 1. The van der Waals surface area contributed by atoms with E-state index in [4.69, 9.17) is 5.11 Å². The van der Waals surface area contributed by atoms with Crippen molar-refractivity contribution in [2.45, 2.75) is 50.0 Å². The first kappa shape index (κ1) is 15.5. The highest BCUT2D eigenvalue weighted by Gasteiger charge is 2.51. The maximum atomic E-state index is 12.7. The van der Waals surface area contributed by atoms with Gasteiger partial charge in [-0.05, 0) is 56.2 Å². The molecular weight excluding hydrogens is 346 g/mol. The fourth-order valence-electron chi connectivity index (χ4n) is 3.37. The summed E-state index contributed by atoms with van der Waals surface area (Å²) in [6.45, 7) is 0. The van der Waals surface area contributed by atoms with Crippen LogP contribution in [0.1, 0.15) is 44.1 Å². The summed E-state index contributed by atoms with van der Waals surface area (Å²) in [4.78, 5) is 23.7. The Bertz CT molecular complexity index is 589.